The van der Waals surface area contributed by atoms with Crippen molar-refractivity contribution in [2.45, 2.75) is 13.1 Å². The van der Waals surface area contributed by atoms with E-state index in [2.05, 4.69) is 15.4 Å². The van der Waals surface area contributed by atoms with Gasteiger partial charge in [-0.1, -0.05) is 18.2 Å². The zero-order valence-electron chi connectivity index (χ0n) is 12.4. The van der Waals surface area contributed by atoms with Crippen molar-refractivity contribution in [1.82, 2.24) is 15.1 Å². The molecule has 0 fully saturated rings. The van der Waals surface area contributed by atoms with Crippen LogP contribution in [0.1, 0.15) is 11.3 Å². The summed E-state index contributed by atoms with van der Waals surface area (Å²) in [5.41, 5.74) is 7.93. The maximum Gasteiger partial charge on any atom is 0.189 e. The van der Waals surface area contributed by atoms with Crippen molar-refractivity contribution in [3.8, 4) is 5.69 Å². The quantitative estimate of drug-likeness (QED) is 0.376. The first-order valence-corrected chi connectivity index (χ1v) is 6.97. The van der Waals surface area contributed by atoms with Gasteiger partial charge in [0.25, 0.3) is 0 Å². The van der Waals surface area contributed by atoms with Crippen molar-refractivity contribution >= 4 is 29.9 Å². The maximum atomic E-state index is 5.88. The van der Waals surface area contributed by atoms with E-state index in [0.717, 1.165) is 17.0 Å². The van der Waals surface area contributed by atoms with Gasteiger partial charge in [-0.05, 0) is 29.8 Å². The third kappa shape index (κ3) is 4.59. The summed E-state index contributed by atoms with van der Waals surface area (Å²) >= 11 is 0. The van der Waals surface area contributed by atoms with E-state index >= 15 is 0 Å². The average molecular weight is 423 g/mol. The van der Waals surface area contributed by atoms with Gasteiger partial charge in [-0.25, -0.2) is 9.67 Å². The van der Waals surface area contributed by atoms with Crippen molar-refractivity contribution < 1.29 is 4.42 Å². The Bertz CT molecular complexity index is 738. The summed E-state index contributed by atoms with van der Waals surface area (Å²) < 4.78 is 7.05. The van der Waals surface area contributed by atoms with Crippen LogP contribution in [0.4, 0.5) is 0 Å². The molecule has 2 aromatic heterocycles. The first-order valence-electron chi connectivity index (χ1n) is 6.97. The zero-order valence-corrected chi connectivity index (χ0v) is 14.8. The molecule has 0 spiro atoms. The maximum absolute atomic E-state index is 5.88. The molecule has 0 aliphatic carbocycles. The lowest BCUT2D eigenvalue weighted by Gasteiger charge is -2.08. The number of halogens is 1. The summed E-state index contributed by atoms with van der Waals surface area (Å²) in [7, 11) is 0. The van der Waals surface area contributed by atoms with E-state index in [1.807, 2.05) is 53.3 Å². The van der Waals surface area contributed by atoms with Crippen molar-refractivity contribution in [3.05, 3.63) is 72.4 Å². The molecule has 0 saturated carbocycles. The number of para-hydroxylation sites is 1. The van der Waals surface area contributed by atoms with Crippen LogP contribution >= 0.6 is 24.0 Å². The molecule has 7 heteroatoms. The fraction of sp³-hybridized carbons (Fsp3) is 0.125. The van der Waals surface area contributed by atoms with Gasteiger partial charge in [-0.15, -0.1) is 24.0 Å². The van der Waals surface area contributed by atoms with Crippen molar-refractivity contribution in [2.75, 3.05) is 0 Å². The van der Waals surface area contributed by atoms with Gasteiger partial charge in [0.1, 0.15) is 5.76 Å². The third-order valence-electron chi connectivity index (χ3n) is 3.19. The highest BCUT2D eigenvalue weighted by molar-refractivity contribution is 14.0. The monoisotopic (exact) mass is 423 g/mol. The molecule has 0 aliphatic rings. The standard InChI is InChI=1S/C16H17N5O.HI/c17-16(19-12-14-6-3-10-22-14)18-11-13-5-1-2-7-15(13)21-9-4-8-20-21;/h1-10H,11-12H2,(H3,17,18,19);1H. The number of nitrogens with one attached hydrogen (secondary N) is 1. The molecule has 0 bridgehead atoms. The van der Waals surface area contributed by atoms with Crippen molar-refractivity contribution in [2.24, 2.45) is 10.7 Å². The Kier molecular flexibility index (Phi) is 6.21. The second-order valence-electron chi connectivity index (χ2n) is 4.71. The highest BCUT2D eigenvalue weighted by Crippen LogP contribution is 2.14. The van der Waals surface area contributed by atoms with Gasteiger partial charge >= 0.3 is 0 Å². The predicted octanol–water partition coefficient (Wildman–Crippen LogP) is 2.69. The molecule has 0 saturated heterocycles. The minimum Gasteiger partial charge on any atom is -0.467 e. The van der Waals surface area contributed by atoms with E-state index < -0.39 is 0 Å². The fourth-order valence-corrected chi connectivity index (χ4v) is 2.10. The number of hydrogen-bond donors (Lipinski definition) is 2. The van der Waals surface area contributed by atoms with E-state index in [-0.39, 0.29) is 24.0 Å². The summed E-state index contributed by atoms with van der Waals surface area (Å²) in [4.78, 5) is 4.36. The molecule has 3 rings (SSSR count). The molecule has 0 atom stereocenters. The molecule has 6 nitrogen and oxygen atoms in total. The zero-order chi connectivity index (χ0) is 15.2. The molecule has 0 radical (unpaired) electrons. The number of aromatic nitrogens is 2. The molecule has 0 unspecified atom stereocenters. The van der Waals surface area contributed by atoms with Crippen LogP contribution in [0.3, 0.4) is 0 Å². The Labute approximate surface area is 151 Å². The Hall–Kier alpha value is -2.29. The van der Waals surface area contributed by atoms with Crippen LogP contribution < -0.4 is 11.1 Å². The molecule has 3 aromatic rings. The molecule has 1 aromatic carbocycles. The van der Waals surface area contributed by atoms with Crippen LogP contribution in [-0.2, 0) is 13.1 Å². The van der Waals surface area contributed by atoms with Gasteiger partial charge in [0, 0.05) is 12.4 Å². The number of rotatable bonds is 5. The lowest BCUT2D eigenvalue weighted by Crippen LogP contribution is -2.31. The number of benzene rings is 1. The van der Waals surface area contributed by atoms with Crippen LogP contribution in [-0.4, -0.2) is 15.7 Å². The SMILES string of the molecule is I.NC(=NCc1ccccc1-n1cccn1)NCc1ccco1. The number of nitrogens with zero attached hydrogens (tertiary/aromatic N) is 3. The number of nitrogens with two attached hydrogens (primary N) is 1. The number of furan rings is 1. The molecule has 3 N–H and O–H groups in total. The number of hydrogen-bond acceptors (Lipinski definition) is 3. The van der Waals surface area contributed by atoms with Gasteiger partial charge < -0.3 is 15.5 Å². The van der Waals surface area contributed by atoms with E-state index in [4.69, 9.17) is 10.2 Å². The van der Waals surface area contributed by atoms with Crippen molar-refractivity contribution in [3.63, 3.8) is 0 Å². The Balaban J connectivity index is 0.00000192. The normalized spacial score (nSPS) is 11.0. The number of aliphatic imine (C=N–C) groups is 1. The second kappa shape index (κ2) is 8.37. The van der Waals surface area contributed by atoms with Gasteiger partial charge in [0.2, 0.25) is 0 Å². The molecular weight excluding hydrogens is 405 g/mol. The molecular formula is C16H18IN5O. The Morgan fingerprint density at radius 2 is 2.09 bits per heavy atom. The van der Waals surface area contributed by atoms with E-state index in [9.17, 15) is 0 Å². The number of guanidine groups is 1. The fourth-order valence-electron chi connectivity index (χ4n) is 2.10. The molecule has 0 amide bonds. The molecule has 120 valence electrons. The lowest BCUT2D eigenvalue weighted by atomic mass is 10.2. The van der Waals surface area contributed by atoms with E-state index in [0.29, 0.717) is 19.0 Å². The third-order valence-corrected chi connectivity index (χ3v) is 3.19. The lowest BCUT2D eigenvalue weighted by molar-refractivity contribution is 0.502. The van der Waals surface area contributed by atoms with Crippen molar-refractivity contribution in [1.29, 1.82) is 0 Å². The summed E-state index contributed by atoms with van der Waals surface area (Å²) in [6, 6.07) is 13.6. The summed E-state index contributed by atoms with van der Waals surface area (Å²) in [6.07, 6.45) is 5.28. The summed E-state index contributed by atoms with van der Waals surface area (Å²) in [6.45, 7) is 0.996. The highest BCUT2D eigenvalue weighted by atomic mass is 127. The molecule has 23 heavy (non-hydrogen) atoms. The van der Waals surface area contributed by atoms with Crippen LogP contribution in [0.15, 0.2) is 70.5 Å². The smallest absolute Gasteiger partial charge is 0.189 e. The Morgan fingerprint density at radius 1 is 1.22 bits per heavy atom. The molecule has 2 heterocycles. The minimum atomic E-state index is 0. The second-order valence-corrected chi connectivity index (χ2v) is 4.71. The Morgan fingerprint density at radius 3 is 2.83 bits per heavy atom. The topological polar surface area (TPSA) is 81.4 Å². The van der Waals surface area contributed by atoms with Crippen LogP contribution in [0.5, 0.6) is 0 Å². The highest BCUT2D eigenvalue weighted by Gasteiger charge is 2.04. The van der Waals surface area contributed by atoms with Gasteiger partial charge in [0.15, 0.2) is 5.96 Å². The summed E-state index contributed by atoms with van der Waals surface area (Å²) in [5.74, 6) is 1.20. The van der Waals surface area contributed by atoms with E-state index in [1.54, 1.807) is 12.5 Å². The predicted molar refractivity (Wildman–Crippen MR) is 99.9 cm³/mol. The molecule has 0 aliphatic heterocycles. The largest absolute Gasteiger partial charge is 0.467 e. The van der Waals surface area contributed by atoms with Gasteiger partial charge in [-0.2, -0.15) is 5.10 Å². The average Bonchev–Trinajstić information content (AvgIpc) is 3.24. The van der Waals surface area contributed by atoms with E-state index in [1.165, 1.54) is 0 Å². The van der Waals surface area contributed by atoms with Crippen LogP contribution in [0, 0.1) is 0 Å². The van der Waals surface area contributed by atoms with Crippen LogP contribution in [0.25, 0.3) is 5.69 Å². The van der Waals surface area contributed by atoms with Crippen LogP contribution in [0.2, 0.25) is 0 Å². The first-order chi connectivity index (χ1) is 10.8. The van der Waals surface area contributed by atoms with Gasteiger partial charge in [-0.3, -0.25) is 0 Å². The minimum absolute atomic E-state index is 0. The summed E-state index contributed by atoms with van der Waals surface area (Å²) in [5, 5.41) is 7.27. The first kappa shape index (κ1) is 17.1. The van der Waals surface area contributed by atoms with Gasteiger partial charge in [0.05, 0.1) is 25.0 Å².